The van der Waals surface area contributed by atoms with Gasteiger partial charge in [-0.3, -0.25) is 0 Å². The summed E-state index contributed by atoms with van der Waals surface area (Å²) in [6.45, 7) is 2.25. The van der Waals surface area contributed by atoms with Gasteiger partial charge in [0.25, 0.3) is 0 Å². The minimum atomic E-state index is -0.239. The van der Waals surface area contributed by atoms with Gasteiger partial charge in [-0.05, 0) is 49.6 Å². The van der Waals surface area contributed by atoms with Gasteiger partial charge in [0.05, 0.1) is 11.9 Å². The number of halogens is 1. The molecule has 1 fully saturated rings. The summed E-state index contributed by atoms with van der Waals surface area (Å²) in [4.78, 5) is 11.0. The number of nitrogens with zero attached hydrogens (tertiary/aromatic N) is 4. The first-order chi connectivity index (χ1) is 11.2. The summed E-state index contributed by atoms with van der Waals surface area (Å²) in [6, 6.07) is 6.39. The van der Waals surface area contributed by atoms with Crippen LogP contribution < -0.4 is 0 Å². The number of aliphatic imine (C=N–C) groups is 1. The second kappa shape index (κ2) is 7.22. The fourth-order valence-electron chi connectivity index (χ4n) is 2.75. The number of likely N-dealkylation sites (tertiary alicyclic amines) is 1. The second-order valence-corrected chi connectivity index (χ2v) is 5.73. The molecule has 23 heavy (non-hydrogen) atoms. The van der Waals surface area contributed by atoms with Crippen molar-refractivity contribution in [2.24, 2.45) is 12.0 Å². The molecule has 1 aliphatic heterocycles. The Kier molecular flexibility index (Phi) is 4.86. The molecule has 1 saturated heterocycles. The monoisotopic (exact) mass is 312 g/mol. The first kappa shape index (κ1) is 15.5. The van der Waals surface area contributed by atoms with Crippen LogP contribution in [0.25, 0.3) is 11.3 Å². The van der Waals surface area contributed by atoms with Crippen molar-refractivity contribution in [2.75, 3.05) is 13.1 Å². The topological polar surface area (TPSA) is 33.4 Å². The van der Waals surface area contributed by atoms with E-state index in [4.69, 9.17) is 0 Å². The Labute approximate surface area is 136 Å². The average molecular weight is 312 g/mol. The lowest BCUT2D eigenvalue weighted by atomic mass is 10.1. The van der Waals surface area contributed by atoms with Gasteiger partial charge in [-0.15, -0.1) is 0 Å². The predicted octanol–water partition coefficient (Wildman–Crippen LogP) is 3.93. The number of hydrogen-bond donors (Lipinski definition) is 0. The molecule has 0 N–H and O–H groups in total. The second-order valence-electron chi connectivity index (χ2n) is 5.73. The molecule has 5 heteroatoms. The van der Waals surface area contributed by atoms with E-state index >= 15 is 0 Å². The molecule has 120 valence electrons. The minimum Gasteiger partial charge on any atom is -0.377 e. The van der Waals surface area contributed by atoms with E-state index in [1.807, 2.05) is 17.7 Å². The first-order valence-electron chi connectivity index (χ1n) is 7.96. The summed E-state index contributed by atoms with van der Waals surface area (Å²) >= 11 is 0. The Morgan fingerprint density at radius 1 is 1.13 bits per heavy atom. The van der Waals surface area contributed by atoms with Crippen LogP contribution in [0, 0.1) is 5.82 Å². The molecule has 1 aromatic heterocycles. The van der Waals surface area contributed by atoms with E-state index in [1.165, 1.54) is 31.4 Å². The van der Waals surface area contributed by atoms with Gasteiger partial charge in [-0.2, -0.15) is 0 Å². The highest BCUT2D eigenvalue weighted by atomic mass is 19.1. The van der Waals surface area contributed by atoms with Crippen molar-refractivity contribution >= 4 is 12.2 Å². The van der Waals surface area contributed by atoms with Crippen LogP contribution >= 0.6 is 0 Å². The Morgan fingerprint density at radius 2 is 1.87 bits per heavy atom. The van der Waals surface area contributed by atoms with Gasteiger partial charge in [0.1, 0.15) is 5.82 Å². The molecule has 2 heterocycles. The van der Waals surface area contributed by atoms with Crippen LogP contribution in [0.1, 0.15) is 19.3 Å². The lowest BCUT2D eigenvalue weighted by Crippen LogP contribution is -2.24. The van der Waals surface area contributed by atoms with Crippen LogP contribution in [-0.2, 0) is 7.05 Å². The third kappa shape index (κ3) is 3.86. The molecular weight excluding hydrogens is 291 g/mol. The lowest BCUT2D eigenvalue weighted by molar-refractivity contribution is 0.310. The highest BCUT2D eigenvalue weighted by Crippen LogP contribution is 2.23. The van der Waals surface area contributed by atoms with Crippen molar-refractivity contribution in [3.8, 4) is 11.3 Å². The maximum atomic E-state index is 13.0. The molecule has 3 rings (SSSR count). The first-order valence-corrected chi connectivity index (χ1v) is 7.96. The third-order valence-corrected chi connectivity index (χ3v) is 4.07. The zero-order valence-corrected chi connectivity index (χ0v) is 13.3. The van der Waals surface area contributed by atoms with Gasteiger partial charge < -0.3 is 9.47 Å². The maximum Gasteiger partial charge on any atom is 0.229 e. The number of rotatable bonds is 4. The summed E-state index contributed by atoms with van der Waals surface area (Å²) in [5.41, 5.74) is 1.84. The molecule has 0 amide bonds. The number of hydrogen-bond acceptors (Lipinski definition) is 3. The smallest absolute Gasteiger partial charge is 0.229 e. The van der Waals surface area contributed by atoms with Gasteiger partial charge >= 0.3 is 0 Å². The van der Waals surface area contributed by atoms with Crippen molar-refractivity contribution in [3.05, 3.63) is 48.6 Å². The van der Waals surface area contributed by atoms with Gasteiger partial charge in [0.2, 0.25) is 5.95 Å². The minimum absolute atomic E-state index is 0.239. The van der Waals surface area contributed by atoms with Gasteiger partial charge in [-0.25, -0.2) is 14.4 Å². The summed E-state index contributed by atoms with van der Waals surface area (Å²) in [5.74, 6) is 0.393. The molecule has 0 atom stereocenters. The summed E-state index contributed by atoms with van der Waals surface area (Å²) in [5, 5.41) is 0. The lowest BCUT2D eigenvalue weighted by Gasteiger charge is -2.24. The van der Waals surface area contributed by atoms with E-state index in [0.29, 0.717) is 5.95 Å². The van der Waals surface area contributed by atoms with Gasteiger partial charge in [-0.1, -0.05) is 0 Å². The molecular formula is C18H21FN4. The predicted molar refractivity (Wildman–Crippen MR) is 91.3 cm³/mol. The van der Waals surface area contributed by atoms with Crippen LogP contribution in [0.4, 0.5) is 10.3 Å². The van der Waals surface area contributed by atoms with Crippen molar-refractivity contribution in [1.82, 2.24) is 14.5 Å². The quantitative estimate of drug-likeness (QED) is 0.802. The van der Waals surface area contributed by atoms with Crippen LogP contribution in [0.2, 0.25) is 0 Å². The molecule has 0 saturated carbocycles. The van der Waals surface area contributed by atoms with Crippen molar-refractivity contribution < 1.29 is 4.39 Å². The Balaban J connectivity index is 1.68. The molecule has 1 aromatic carbocycles. The van der Waals surface area contributed by atoms with Crippen molar-refractivity contribution in [1.29, 1.82) is 0 Å². The van der Waals surface area contributed by atoms with Gasteiger partial charge in [0.15, 0.2) is 0 Å². The van der Waals surface area contributed by atoms with E-state index < -0.39 is 0 Å². The van der Waals surface area contributed by atoms with Crippen molar-refractivity contribution in [3.63, 3.8) is 0 Å². The van der Waals surface area contributed by atoms with Crippen molar-refractivity contribution in [2.45, 2.75) is 19.3 Å². The SMILES string of the molecule is Cn1c(-c2ccc(F)cc2)cnc1/N=C/C=C/N1CCCCC1. The average Bonchev–Trinajstić information content (AvgIpc) is 2.94. The normalized spacial score (nSPS) is 15.8. The molecule has 0 unspecified atom stereocenters. The molecule has 0 bridgehead atoms. The molecule has 4 nitrogen and oxygen atoms in total. The Bertz CT molecular complexity index is 694. The summed E-state index contributed by atoms with van der Waals surface area (Å²) in [7, 11) is 1.91. The molecule has 0 radical (unpaired) electrons. The maximum absolute atomic E-state index is 13.0. The largest absolute Gasteiger partial charge is 0.377 e. The number of allylic oxidation sites excluding steroid dienone is 1. The number of aromatic nitrogens is 2. The fraction of sp³-hybridized carbons (Fsp3) is 0.333. The van der Waals surface area contributed by atoms with Crippen LogP contribution in [0.5, 0.6) is 0 Å². The van der Waals surface area contributed by atoms with E-state index in [2.05, 4.69) is 21.1 Å². The zero-order chi connectivity index (χ0) is 16.1. The van der Waals surface area contributed by atoms with Gasteiger partial charge in [0, 0.05) is 38.1 Å². The zero-order valence-electron chi connectivity index (χ0n) is 13.3. The number of benzene rings is 1. The molecule has 2 aromatic rings. The Hall–Kier alpha value is -2.43. The van der Waals surface area contributed by atoms with E-state index in [0.717, 1.165) is 24.3 Å². The fourth-order valence-corrected chi connectivity index (χ4v) is 2.75. The third-order valence-electron chi connectivity index (χ3n) is 4.07. The standard InChI is InChI=1S/C18H21FN4/c1-22-17(15-6-8-16(19)9-7-15)14-21-18(22)20-10-5-13-23-11-3-2-4-12-23/h5-10,13-14H,2-4,11-12H2,1H3/b13-5+,20-10+. The summed E-state index contributed by atoms with van der Waals surface area (Å²) < 4.78 is 14.9. The molecule has 0 aliphatic carbocycles. The van der Waals surface area contributed by atoms with E-state index in [-0.39, 0.29) is 5.82 Å². The summed E-state index contributed by atoms with van der Waals surface area (Å²) in [6.07, 6.45) is 11.4. The Morgan fingerprint density at radius 3 is 2.61 bits per heavy atom. The van der Waals surface area contributed by atoms with Crippen LogP contribution in [0.15, 0.2) is 47.7 Å². The van der Waals surface area contributed by atoms with E-state index in [1.54, 1.807) is 24.5 Å². The molecule has 1 aliphatic rings. The van der Waals surface area contributed by atoms with E-state index in [9.17, 15) is 4.39 Å². The molecule has 0 spiro atoms. The number of imidazole rings is 1. The van der Waals surface area contributed by atoms with Crippen LogP contribution in [-0.4, -0.2) is 33.8 Å². The highest BCUT2D eigenvalue weighted by Gasteiger charge is 2.07. The number of piperidine rings is 1. The van der Waals surface area contributed by atoms with Crippen LogP contribution in [0.3, 0.4) is 0 Å². The highest BCUT2D eigenvalue weighted by molar-refractivity contribution is 5.73.